The van der Waals surface area contributed by atoms with Gasteiger partial charge in [0.15, 0.2) is 11.0 Å². The second-order valence-electron chi connectivity index (χ2n) is 6.37. The highest BCUT2D eigenvalue weighted by Gasteiger charge is 2.11. The van der Waals surface area contributed by atoms with Crippen LogP contribution in [0.3, 0.4) is 0 Å². The quantitative estimate of drug-likeness (QED) is 0.473. The minimum Gasteiger partial charge on any atom is -0.322 e. The molecule has 0 fully saturated rings. The summed E-state index contributed by atoms with van der Waals surface area (Å²) in [6.07, 6.45) is 1.48. The Morgan fingerprint density at radius 1 is 1.17 bits per heavy atom. The summed E-state index contributed by atoms with van der Waals surface area (Å²) >= 11 is 1.55. The predicted molar refractivity (Wildman–Crippen MR) is 109 cm³/mol. The van der Waals surface area contributed by atoms with Crippen molar-refractivity contribution in [1.29, 1.82) is 0 Å². The highest BCUT2D eigenvalue weighted by molar-refractivity contribution is 7.98. The summed E-state index contributed by atoms with van der Waals surface area (Å²) in [5, 5.41) is 21.9. The van der Waals surface area contributed by atoms with E-state index in [4.69, 9.17) is 0 Å². The van der Waals surface area contributed by atoms with Gasteiger partial charge in [-0.15, -0.1) is 5.10 Å². The van der Waals surface area contributed by atoms with Gasteiger partial charge in [-0.25, -0.2) is 4.98 Å². The maximum atomic E-state index is 12.6. The van der Waals surface area contributed by atoms with Gasteiger partial charge in [0, 0.05) is 17.0 Å². The van der Waals surface area contributed by atoms with Gasteiger partial charge in [-0.1, -0.05) is 30.0 Å². The summed E-state index contributed by atoms with van der Waals surface area (Å²) in [6, 6.07) is 13.1. The van der Waals surface area contributed by atoms with Crippen LogP contribution in [0.5, 0.6) is 0 Å². The number of carbonyl (C=O) groups excluding carboxylic acids is 1. The largest absolute Gasteiger partial charge is 0.322 e. The van der Waals surface area contributed by atoms with Crippen molar-refractivity contribution in [2.24, 2.45) is 0 Å². The van der Waals surface area contributed by atoms with Gasteiger partial charge in [-0.05, 0) is 59.7 Å². The molecule has 4 rings (SSSR count). The van der Waals surface area contributed by atoms with Gasteiger partial charge in [-0.2, -0.15) is 9.78 Å². The third kappa shape index (κ3) is 4.32. The molecule has 29 heavy (non-hydrogen) atoms. The Labute approximate surface area is 170 Å². The van der Waals surface area contributed by atoms with Crippen LogP contribution in [-0.4, -0.2) is 41.3 Å². The molecule has 2 heterocycles. The SMILES string of the molecule is Cc1ccc(NC(=O)c2ccc(CSc3ncn[nH]3)cc2)cc1-n1nnnc1C. The van der Waals surface area contributed by atoms with E-state index < -0.39 is 0 Å². The summed E-state index contributed by atoms with van der Waals surface area (Å²) < 4.78 is 1.64. The van der Waals surface area contributed by atoms with Gasteiger partial charge in [0.25, 0.3) is 5.91 Å². The lowest BCUT2D eigenvalue weighted by Crippen LogP contribution is -2.12. The second-order valence-corrected chi connectivity index (χ2v) is 7.33. The number of nitrogens with zero attached hydrogens (tertiary/aromatic N) is 6. The van der Waals surface area contributed by atoms with Crippen LogP contribution in [0.4, 0.5) is 5.69 Å². The van der Waals surface area contributed by atoms with Crippen molar-refractivity contribution in [3.8, 4) is 5.69 Å². The lowest BCUT2D eigenvalue weighted by molar-refractivity contribution is 0.102. The lowest BCUT2D eigenvalue weighted by atomic mass is 10.1. The highest BCUT2D eigenvalue weighted by atomic mass is 32.2. The van der Waals surface area contributed by atoms with E-state index in [2.05, 4.69) is 36.0 Å². The van der Waals surface area contributed by atoms with E-state index in [1.165, 1.54) is 6.33 Å². The van der Waals surface area contributed by atoms with E-state index in [0.717, 1.165) is 27.7 Å². The van der Waals surface area contributed by atoms with E-state index in [1.54, 1.807) is 16.4 Å². The molecular weight excluding hydrogens is 388 g/mol. The Balaban J connectivity index is 1.44. The van der Waals surface area contributed by atoms with E-state index in [9.17, 15) is 4.79 Å². The molecule has 2 N–H and O–H groups in total. The van der Waals surface area contributed by atoms with Crippen LogP contribution in [-0.2, 0) is 5.75 Å². The van der Waals surface area contributed by atoms with Crippen molar-refractivity contribution in [3.63, 3.8) is 0 Å². The number of rotatable bonds is 6. The molecule has 0 aliphatic carbocycles. The van der Waals surface area contributed by atoms with E-state index in [1.807, 2.05) is 56.3 Å². The Morgan fingerprint density at radius 2 is 2.00 bits per heavy atom. The molecule has 1 amide bonds. The summed E-state index contributed by atoms with van der Waals surface area (Å²) in [5.41, 5.74) is 4.18. The first-order valence-electron chi connectivity index (χ1n) is 8.84. The molecule has 0 unspecified atom stereocenters. The first-order valence-corrected chi connectivity index (χ1v) is 9.83. The number of H-pyrrole nitrogens is 1. The van der Waals surface area contributed by atoms with Crippen LogP contribution in [0.2, 0.25) is 0 Å². The molecule has 2 aromatic carbocycles. The molecule has 0 aliphatic rings. The molecule has 2 aromatic heterocycles. The summed E-state index contributed by atoms with van der Waals surface area (Å²) in [5.74, 6) is 1.24. The van der Waals surface area contributed by atoms with Crippen molar-refractivity contribution in [2.45, 2.75) is 24.8 Å². The third-order valence-electron chi connectivity index (χ3n) is 4.31. The van der Waals surface area contributed by atoms with Crippen LogP contribution in [0.15, 0.2) is 53.9 Å². The van der Waals surface area contributed by atoms with Crippen molar-refractivity contribution >= 4 is 23.4 Å². The molecular formula is C19H18N8OS. The molecule has 0 spiro atoms. The van der Waals surface area contributed by atoms with E-state index >= 15 is 0 Å². The Hall–Kier alpha value is -3.53. The molecule has 0 saturated heterocycles. The monoisotopic (exact) mass is 406 g/mol. The van der Waals surface area contributed by atoms with Crippen molar-refractivity contribution in [3.05, 3.63) is 71.3 Å². The van der Waals surface area contributed by atoms with Crippen LogP contribution >= 0.6 is 11.8 Å². The topological polar surface area (TPSA) is 114 Å². The van der Waals surface area contributed by atoms with Gasteiger partial charge in [0.2, 0.25) is 0 Å². The first-order chi connectivity index (χ1) is 14.1. The van der Waals surface area contributed by atoms with Crippen LogP contribution in [0.25, 0.3) is 5.69 Å². The fourth-order valence-electron chi connectivity index (χ4n) is 2.74. The summed E-state index contributed by atoms with van der Waals surface area (Å²) in [4.78, 5) is 16.7. The number of benzene rings is 2. The molecule has 146 valence electrons. The average Bonchev–Trinajstić information content (AvgIpc) is 3.40. The highest BCUT2D eigenvalue weighted by Crippen LogP contribution is 2.21. The van der Waals surface area contributed by atoms with Gasteiger partial charge < -0.3 is 5.32 Å². The third-order valence-corrected chi connectivity index (χ3v) is 5.25. The van der Waals surface area contributed by atoms with Crippen LogP contribution in [0.1, 0.15) is 27.3 Å². The number of anilines is 1. The Morgan fingerprint density at radius 3 is 2.69 bits per heavy atom. The molecule has 0 aliphatic heterocycles. The zero-order valence-electron chi connectivity index (χ0n) is 15.8. The van der Waals surface area contributed by atoms with Crippen LogP contribution in [0, 0.1) is 13.8 Å². The van der Waals surface area contributed by atoms with Gasteiger partial charge >= 0.3 is 0 Å². The van der Waals surface area contributed by atoms with Gasteiger partial charge in [0.1, 0.15) is 6.33 Å². The van der Waals surface area contributed by atoms with Gasteiger partial charge in [-0.3, -0.25) is 9.89 Å². The Kier molecular flexibility index (Phi) is 5.34. The van der Waals surface area contributed by atoms with Crippen molar-refractivity contribution in [1.82, 2.24) is 35.4 Å². The zero-order chi connectivity index (χ0) is 20.2. The number of carbonyl (C=O) groups is 1. The molecule has 9 nitrogen and oxygen atoms in total. The van der Waals surface area contributed by atoms with Crippen molar-refractivity contribution in [2.75, 3.05) is 5.32 Å². The number of nitrogens with one attached hydrogen (secondary N) is 2. The number of aromatic amines is 1. The number of hydrogen-bond donors (Lipinski definition) is 2. The van der Waals surface area contributed by atoms with E-state index in [-0.39, 0.29) is 5.91 Å². The maximum absolute atomic E-state index is 12.6. The predicted octanol–water partition coefficient (Wildman–Crippen LogP) is 2.94. The molecule has 10 heteroatoms. The standard InChI is InChI=1S/C19H18N8OS/c1-12-3-8-16(9-17(12)27-13(2)23-25-26-27)22-18(28)15-6-4-14(5-7-15)10-29-19-20-11-21-24-19/h3-9,11H,10H2,1-2H3,(H,22,28)(H,20,21,24). The fourth-order valence-corrected chi connectivity index (χ4v) is 3.48. The first kappa shape index (κ1) is 18.8. The van der Waals surface area contributed by atoms with Gasteiger partial charge in [0.05, 0.1) is 5.69 Å². The number of thioether (sulfide) groups is 1. The molecule has 0 bridgehead atoms. The normalized spacial score (nSPS) is 10.8. The molecule has 0 radical (unpaired) electrons. The smallest absolute Gasteiger partial charge is 0.255 e. The Bertz CT molecular complexity index is 1120. The number of tetrazole rings is 1. The zero-order valence-corrected chi connectivity index (χ0v) is 16.6. The van der Waals surface area contributed by atoms with Crippen LogP contribution < -0.4 is 5.32 Å². The minimum atomic E-state index is -0.178. The lowest BCUT2D eigenvalue weighted by Gasteiger charge is -2.11. The fraction of sp³-hybridized carbons (Fsp3) is 0.158. The van der Waals surface area contributed by atoms with Crippen molar-refractivity contribution < 1.29 is 4.79 Å². The average molecular weight is 406 g/mol. The maximum Gasteiger partial charge on any atom is 0.255 e. The molecule has 0 saturated carbocycles. The summed E-state index contributed by atoms with van der Waals surface area (Å²) in [7, 11) is 0. The van der Waals surface area contributed by atoms with E-state index in [0.29, 0.717) is 17.1 Å². The number of aromatic nitrogens is 7. The minimum absolute atomic E-state index is 0.178. The summed E-state index contributed by atoms with van der Waals surface area (Å²) in [6.45, 7) is 3.80. The number of amides is 1. The second kappa shape index (κ2) is 8.23. The number of aryl methyl sites for hydroxylation is 2. The molecule has 0 atom stereocenters. The molecule has 4 aromatic rings. The number of hydrogen-bond acceptors (Lipinski definition) is 7.